The Hall–Kier alpha value is -1.27. The molecule has 0 saturated carbocycles. The van der Waals surface area contributed by atoms with Crippen LogP contribution in [0.25, 0.3) is 5.65 Å². The molecule has 2 aromatic heterocycles. The van der Waals surface area contributed by atoms with E-state index in [0.29, 0.717) is 0 Å². The van der Waals surface area contributed by atoms with E-state index < -0.39 is 40.3 Å². The summed E-state index contributed by atoms with van der Waals surface area (Å²) in [6.07, 6.45) is -4.64. The molecule has 0 bridgehead atoms. The van der Waals surface area contributed by atoms with Crippen LogP contribution in [0, 0.1) is 0 Å². The van der Waals surface area contributed by atoms with Crippen molar-refractivity contribution in [1.82, 2.24) is 19.6 Å². The lowest BCUT2D eigenvalue weighted by molar-refractivity contribution is -0.155. The van der Waals surface area contributed by atoms with Gasteiger partial charge in [0.05, 0.1) is 4.43 Å². The number of nitrogens with zero attached hydrogens (tertiary/aromatic N) is 4. The molecule has 0 amide bonds. The van der Waals surface area contributed by atoms with E-state index in [9.17, 15) is 22.0 Å². The normalized spacial score (nSPS) is 13.5. The Labute approximate surface area is 147 Å². The number of halogens is 6. The Kier molecular flexibility index (Phi) is 4.94. The molecule has 0 aliphatic heterocycles. The molecule has 0 radical (unpaired) electrons. The largest absolute Gasteiger partial charge is 0.454 e. The molecule has 0 spiro atoms. The van der Waals surface area contributed by atoms with E-state index >= 15 is 0 Å². The van der Waals surface area contributed by atoms with Gasteiger partial charge in [-0.3, -0.25) is 0 Å². The summed E-state index contributed by atoms with van der Waals surface area (Å²) >= 11 is 1.47. The number of rotatable bonds is 4. The van der Waals surface area contributed by atoms with Crippen LogP contribution in [0.2, 0.25) is 0 Å². The molecule has 24 heavy (non-hydrogen) atoms. The first-order valence-corrected chi connectivity index (χ1v) is 8.28. The minimum absolute atomic E-state index is 0.0494. The highest BCUT2D eigenvalue weighted by Gasteiger charge is 2.35. The van der Waals surface area contributed by atoms with E-state index in [1.165, 1.54) is 22.6 Å². The summed E-state index contributed by atoms with van der Waals surface area (Å²) in [6.45, 7) is 3.68. The van der Waals surface area contributed by atoms with Crippen molar-refractivity contribution in [2.75, 3.05) is 11.0 Å². The van der Waals surface area contributed by atoms with E-state index in [1.54, 1.807) is 20.8 Å². The van der Waals surface area contributed by atoms with Crippen molar-refractivity contribution in [1.29, 1.82) is 0 Å². The fraction of sp³-hybridized carbons (Fsp3) is 0.615. The van der Waals surface area contributed by atoms with E-state index in [4.69, 9.17) is 0 Å². The number of aromatic nitrogens is 4. The predicted octanol–water partition coefficient (Wildman–Crippen LogP) is 3.89. The van der Waals surface area contributed by atoms with Crippen LogP contribution in [0.5, 0.6) is 6.01 Å². The van der Waals surface area contributed by atoms with Crippen LogP contribution in [0.3, 0.4) is 0 Å². The Morgan fingerprint density at radius 1 is 1.12 bits per heavy atom. The third-order valence-corrected chi connectivity index (χ3v) is 3.83. The number of fused-ring (bicyclic) bond motifs is 1. The van der Waals surface area contributed by atoms with E-state index in [2.05, 4.69) is 19.8 Å². The topological polar surface area (TPSA) is 52.3 Å². The van der Waals surface area contributed by atoms with Crippen LogP contribution in [-0.2, 0) is 11.3 Å². The molecule has 2 heterocycles. The van der Waals surface area contributed by atoms with Crippen LogP contribution in [0.4, 0.5) is 22.0 Å². The van der Waals surface area contributed by atoms with Crippen molar-refractivity contribution in [3.05, 3.63) is 17.6 Å². The number of ether oxygens (including phenoxy) is 1. The first-order valence-electron chi connectivity index (χ1n) is 6.75. The second kappa shape index (κ2) is 6.23. The Morgan fingerprint density at radius 2 is 1.75 bits per heavy atom. The quantitative estimate of drug-likeness (QED) is 0.392. The van der Waals surface area contributed by atoms with E-state index in [0.717, 1.165) is 10.6 Å². The molecule has 0 aliphatic rings. The van der Waals surface area contributed by atoms with Crippen molar-refractivity contribution < 1.29 is 26.7 Å². The van der Waals surface area contributed by atoms with Gasteiger partial charge in [0, 0.05) is 11.5 Å². The first kappa shape index (κ1) is 19.1. The van der Waals surface area contributed by atoms with Gasteiger partial charge >= 0.3 is 12.2 Å². The Morgan fingerprint density at radius 3 is 2.25 bits per heavy atom. The van der Waals surface area contributed by atoms with Gasteiger partial charge in [0.15, 0.2) is 18.1 Å². The molecule has 134 valence electrons. The Balaban J connectivity index is 2.60. The summed E-state index contributed by atoms with van der Waals surface area (Å²) in [5, 5.41) is 4.04. The van der Waals surface area contributed by atoms with Gasteiger partial charge in [0.25, 0.3) is 5.92 Å². The summed E-state index contributed by atoms with van der Waals surface area (Å²) in [7, 11) is 0. The van der Waals surface area contributed by atoms with E-state index in [-0.39, 0.29) is 11.5 Å². The van der Waals surface area contributed by atoms with E-state index in [1.807, 2.05) is 0 Å². The molecule has 0 N–H and O–H groups in total. The monoisotopic (exact) mass is 464 g/mol. The maximum atomic E-state index is 13.9. The van der Waals surface area contributed by atoms with Gasteiger partial charge in [0.2, 0.25) is 0 Å². The van der Waals surface area contributed by atoms with Crippen LogP contribution in [0.15, 0.2) is 6.07 Å². The standard InChI is InChI=1S/C13H14F5IN4O/c1-11(2,3)9-21-8-4-7(12(14,15)5-19)20-10(23(8)22-9)24-6-13(16,17)18/h4H,5-6H2,1-3H3. The molecule has 2 rings (SSSR count). The summed E-state index contributed by atoms with van der Waals surface area (Å²) in [6, 6.07) is 0.328. The minimum atomic E-state index is -4.64. The lowest BCUT2D eigenvalue weighted by Gasteiger charge is -2.15. The molecule has 0 aliphatic carbocycles. The highest BCUT2D eigenvalue weighted by molar-refractivity contribution is 14.1. The fourth-order valence-electron chi connectivity index (χ4n) is 1.68. The fourth-order valence-corrected chi connectivity index (χ4v) is 2.07. The smallest absolute Gasteiger partial charge is 0.422 e. The van der Waals surface area contributed by atoms with Crippen molar-refractivity contribution in [2.24, 2.45) is 0 Å². The molecule has 0 saturated heterocycles. The van der Waals surface area contributed by atoms with Gasteiger partial charge in [-0.25, -0.2) is 4.98 Å². The molecule has 0 fully saturated rings. The highest BCUT2D eigenvalue weighted by Crippen LogP contribution is 2.31. The highest BCUT2D eigenvalue weighted by atomic mass is 127. The second-order valence-electron chi connectivity index (χ2n) is 6.12. The zero-order valence-electron chi connectivity index (χ0n) is 13.0. The first-order chi connectivity index (χ1) is 10.8. The van der Waals surface area contributed by atoms with Gasteiger partial charge in [-0.05, 0) is 0 Å². The molecular formula is C13H14F5IN4O. The maximum Gasteiger partial charge on any atom is 0.422 e. The van der Waals surface area contributed by atoms with Crippen molar-refractivity contribution in [3.63, 3.8) is 0 Å². The van der Waals surface area contributed by atoms with Crippen LogP contribution in [-0.4, -0.2) is 36.8 Å². The van der Waals surface area contributed by atoms with Gasteiger partial charge in [-0.1, -0.05) is 43.4 Å². The van der Waals surface area contributed by atoms with Gasteiger partial charge in [0.1, 0.15) is 5.69 Å². The summed E-state index contributed by atoms with van der Waals surface area (Å²) in [4.78, 5) is 7.64. The SMILES string of the molecule is CC(C)(C)c1nc2cc(C(F)(F)CI)nc(OCC(F)(F)F)n2n1. The molecular weight excluding hydrogens is 450 g/mol. The third kappa shape index (κ3) is 4.22. The summed E-state index contributed by atoms with van der Waals surface area (Å²) in [5.74, 6) is -3.05. The van der Waals surface area contributed by atoms with Gasteiger partial charge in [-0.2, -0.15) is 31.5 Å². The molecule has 0 atom stereocenters. The average molecular weight is 464 g/mol. The third-order valence-electron chi connectivity index (χ3n) is 2.87. The minimum Gasteiger partial charge on any atom is -0.454 e. The average Bonchev–Trinajstić information content (AvgIpc) is 2.87. The lowest BCUT2D eigenvalue weighted by atomic mass is 9.96. The Bertz CT molecular complexity index is 738. The zero-order chi connectivity index (χ0) is 18.3. The number of hydrogen-bond acceptors (Lipinski definition) is 4. The molecule has 5 nitrogen and oxygen atoms in total. The van der Waals surface area contributed by atoms with Crippen molar-refractivity contribution >= 4 is 28.2 Å². The summed E-state index contributed by atoms with van der Waals surface area (Å²) in [5.41, 5.74) is -1.29. The summed E-state index contributed by atoms with van der Waals surface area (Å²) < 4.78 is 69.9. The molecule has 0 unspecified atom stereocenters. The van der Waals surface area contributed by atoms with Crippen LogP contribution >= 0.6 is 22.6 Å². The van der Waals surface area contributed by atoms with Crippen molar-refractivity contribution in [3.8, 4) is 6.01 Å². The second-order valence-corrected chi connectivity index (χ2v) is 6.88. The van der Waals surface area contributed by atoms with Crippen molar-refractivity contribution in [2.45, 2.75) is 38.3 Å². The van der Waals surface area contributed by atoms with Crippen LogP contribution in [0.1, 0.15) is 32.3 Å². The predicted molar refractivity (Wildman–Crippen MR) is 83.8 cm³/mol. The van der Waals surface area contributed by atoms with Crippen LogP contribution < -0.4 is 4.74 Å². The lowest BCUT2D eigenvalue weighted by Crippen LogP contribution is -2.23. The molecule has 0 aromatic carbocycles. The molecule has 11 heteroatoms. The number of hydrogen-bond donors (Lipinski definition) is 0. The maximum absolute atomic E-state index is 13.9. The molecule has 2 aromatic rings. The zero-order valence-corrected chi connectivity index (χ0v) is 15.1. The number of alkyl halides is 6. The van der Waals surface area contributed by atoms with Gasteiger partial charge < -0.3 is 4.74 Å². The van der Waals surface area contributed by atoms with Gasteiger partial charge in [-0.15, -0.1) is 5.10 Å².